The number of phosphoric acid groups is 1. The summed E-state index contributed by atoms with van der Waals surface area (Å²) < 4.78 is 61.7. The average molecular weight is 703 g/mol. The van der Waals surface area contributed by atoms with E-state index >= 15 is 0 Å². The van der Waals surface area contributed by atoms with Gasteiger partial charge in [-0.3, -0.25) is 32.5 Å². The Morgan fingerprint density at radius 2 is 1.83 bits per heavy atom. The molecule has 9 N–H and O–H groups in total. The summed E-state index contributed by atoms with van der Waals surface area (Å²) in [6.07, 6.45) is -5.39. The molecule has 0 bridgehead atoms. The third-order valence-corrected chi connectivity index (χ3v) is 9.97. The van der Waals surface area contributed by atoms with Gasteiger partial charge in [-0.1, -0.05) is 5.21 Å². The topological polar surface area (TPSA) is 343 Å². The van der Waals surface area contributed by atoms with Crippen LogP contribution in [0.25, 0.3) is 22.3 Å². The first-order valence-electron chi connectivity index (χ1n) is 13.6. The zero-order valence-electron chi connectivity index (χ0n) is 23.8. The van der Waals surface area contributed by atoms with Crippen LogP contribution in [0.1, 0.15) is 18.9 Å². The van der Waals surface area contributed by atoms with Crippen LogP contribution in [0.5, 0.6) is 0 Å². The number of nitrogens with two attached hydrogens (primary N) is 2. The molecule has 3 aliphatic heterocycles. The highest BCUT2D eigenvalue weighted by Crippen LogP contribution is 2.55. The fourth-order valence-electron chi connectivity index (χ4n) is 5.62. The van der Waals surface area contributed by atoms with E-state index in [0.717, 1.165) is 4.68 Å². The molecule has 8 atom stereocenters. The van der Waals surface area contributed by atoms with Crippen LogP contribution >= 0.6 is 15.4 Å². The van der Waals surface area contributed by atoms with Crippen LogP contribution in [0.15, 0.2) is 17.4 Å². The fourth-order valence-corrected chi connectivity index (χ4v) is 7.78. The molecule has 0 aromatic carbocycles. The molecule has 3 saturated heterocycles. The number of ether oxygens (including phenoxy) is 3. The number of fused-ring (bicyclic) bond motifs is 3. The standard InChI is InChI=1S/C21H27N11O13P2/c22-13-9-14(25-6-24-13)31(7-26-9)17-11(33)21(5-42-17)1-2-43-47(38,39)44-12-18(32-15-10(29-30-32)16(34)28-19(23)27-15)41-4-20(12,35)3-40-8-46(36,37)45-21/h6-7,11-12,17-18,33,35H,1-5,8H2,(H,36,37)(H,38,39)(H2,22,24,25)(H3,23,27,28,34)/t11?,12?,17-,18-,20?,21?/m1/s1. The van der Waals surface area contributed by atoms with E-state index in [9.17, 15) is 33.9 Å². The van der Waals surface area contributed by atoms with Gasteiger partial charge in [-0.05, 0) is 0 Å². The van der Waals surface area contributed by atoms with Gasteiger partial charge in [-0.25, -0.2) is 19.5 Å². The Labute approximate surface area is 260 Å². The first kappa shape index (κ1) is 32.1. The minimum Gasteiger partial charge on any atom is -0.385 e. The molecule has 7 rings (SSSR count). The van der Waals surface area contributed by atoms with Crippen molar-refractivity contribution >= 4 is 49.5 Å². The van der Waals surface area contributed by atoms with Crippen molar-refractivity contribution in [2.24, 2.45) is 0 Å². The van der Waals surface area contributed by atoms with Crippen LogP contribution in [0.2, 0.25) is 0 Å². The molecule has 3 fully saturated rings. The molecule has 3 aliphatic rings. The van der Waals surface area contributed by atoms with Gasteiger partial charge in [0.05, 0.1) is 32.8 Å². The summed E-state index contributed by atoms with van der Waals surface area (Å²) in [6, 6.07) is 0. The van der Waals surface area contributed by atoms with Gasteiger partial charge in [-0.15, -0.1) is 5.10 Å². The molecule has 4 aromatic rings. The molecule has 26 heteroatoms. The molecule has 0 radical (unpaired) electrons. The van der Waals surface area contributed by atoms with Crippen molar-refractivity contribution in [2.45, 2.75) is 42.3 Å². The minimum absolute atomic E-state index is 0.0588. The smallest absolute Gasteiger partial charge is 0.385 e. The van der Waals surface area contributed by atoms with Gasteiger partial charge in [-0.2, -0.15) is 9.67 Å². The molecule has 0 saturated carbocycles. The number of aromatic nitrogens is 9. The van der Waals surface area contributed by atoms with E-state index in [4.69, 9.17) is 39.2 Å². The lowest BCUT2D eigenvalue weighted by atomic mass is 9.95. The minimum atomic E-state index is -5.12. The zero-order valence-corrected chi connectivity index (χ0v) is 25.6. The third-order valence-electron chi connectivity index (χ3n) is 7.81. The highest BCUT2D eigenvalue weighted by molar-refractivity contribution is 7.52. The second kappa shape index (κ2) is 11.3. The Hall–Kier alpha value is -3.51. The van der Waals surface area contributed by atoms with Crippen molar-refractivity contribution < 1.29 is 56.9 Å². The largest absolute Gasteiger partial charge is 0.472 e. The number of nitrogens with zero attached hydrogens (tertiary/aromatic N) is 8. The number of aliphatic hydroxyl groups excluding tert-OH is 1. The number of imidazole rings is 1. The molecule has 47 heavy (non-hydrogen) atoms. The Morgan fingerprint density at radius 3 is 2.64 bits per heavy atom. The van der Waals surface area contributed by atoms with E-state index in [1.165, 1.54) is 17.2 Å². The summed E-state index contributed by atoms with van der Waals surface area (Å²) in [4.78, 5) is 52.2. The number of anilines is 2. The van der Waals surface area contributed by atoms with Crippen LogP contribution in [0, 0.1) is 0 Å². The normalized spacial score (nSPS) is 37.1. The van der Waals surface area contributed by atoms with E-state index in [1.54, 1.807) is 0 Å². The van der Waals surface area contributed by atoms with Crippen LogP contribution in [0.3, 0.4) is 0 Å². The Kier molecular flexibility index (Phi) is 7.70. The van der Waals surface area contributed by atoms with Crippen molar-refractivity contribution in [1.29, 1.82) is 0 Å². The van der Waals surface area contributed by atoms with Crippen molar-refractivity contribution in [2.75, 3.05) is 44.2 Å². The Bertz CT molecular complexity index is 2010. The molecule has 7 heterocycles. The number of hydrogen-bond donors (Lipinski definition) is 7. The zero-order chi connectivity index (χ0) is 33.4. The van der Waals surface area contributed by atoms with E-state index in [1.807, 2.05) is 0 Å². The maximum Gasteiger partial charge on any atom is 0.472 e. The summed E-state index contributed by atoms with van der Waals surface area (Å²) in [7, 11) is -9.89. The summed E-state index contributed by atoms with van der Waals surface area (Å²) in [5.41, 5.74) is 6.41. The van der Waals surface area contributed by atoms with Gasteiger partial charge in [0.1, 0.15) is 41.6 Å². The van der Waals surface area contributed by atoms with Crippen molar-refractivity contribution in [3.8, 4) is 0 Å². The number of hydrogen-bond acceptors (Lipinski definition) is 19. The maximum atomic E-state index is 13.3. The van der Waals surface area contributed by atoms with E-state index in [-0.39, 0.29) is 34.1 Å². The van der Waals surface area contributed by atoms with Crippen LogP contribution in [0.4, 0.5) is 11.8 Å². The number of nitrogens with one attached hydrogen (secondary N) is 1. The number of aliphatic hydroxyl groups is 2. The first-order valence-corrected chi connectivity index (χ1v) is 16.9. The van der Waals surface area contributed by atoms with Crippen molar-refractivity contribution in [3.63, 3.8) is 0 Å². The lowest BCUT2D eigenvalue weighted by molar-refractivity contribution is -0.0987. The first-order chi connectivity index (χ1) is 22.2. The second-order valence-electron chi connectivity index (χ2n) is 11.0. The molecular formula is C21H27N11O13P2. The van der Waals surface area contributed by atoms with Crippen LogP contribution in [-0.2, 0) is 36.9 Å². The van der Waals surface area contributed by atoms with Gasteiger partial charge >= 0.3 is 15.4 Å². The third kappa shape index (κ3) is 5.60. The quantitative estimate of drug-likeness (QED) is 0.106. The monoisotopic (exact) mass is 703 g/mol. The average Bonchev–Trinajstić information content (AvgIpc) is 3.74. The van der Waals surface area contributed by atoms with E-state index in [2.05, 4.69) is 35.2 Å². The molecule has 4 aromatic heterocycles. The summed E-state index contributed by atoms with van der Waals surface area (Å²) in [5.74, 6) is -0.246. The van der Waals surface area contributed by atoms with E-state index < -0.39 is 96.0 Å². The number of rotatable bonds is 2. The SMILES string of the molecule is Nc1nc2c(nnn2[C@@H]2OCC3(O)COCP(=O)(O)OC4(CCOP(=O)(O)OC23)CO[C@@H](n2cnc3c(N)ncnc32)C4O)c(=O)[nH]1. The van der Waals surface area contributed by atoms with Crippen molar-refractivity contribution in [3.05, 3.63) is 23.0 Å². The highest BCUT2D eigenvalue weighted by atomic mass is 31.2. The van der Waals surface area contributed by atoms with Gasteiger partial charge in [0.15, 0.2) is 35.1 Å². The van der Waals surface area contributed by atoms with Gasteiger partial charge in [0.25, 0.3) is 5.56 Å². The molecule has 0 aliphatic carbocycles. The molecule has 24 nitrogen and oxygen atoms in total. The molecule has 254 valence electrons. The Morgan fingerprint density at radius 1 is 1.04 bits per heavy atom. The lowest BCUT2D eigenvalue weighted by Gasteiger charge is -2.33. The molecule has 6 unspecified atom stereocenters. The molecular weight excluding hydrogens is 676 g/mol. The summed E-state index contributed by atoms with van der Waals surface area (Å²) in [5, 5.41) is 30.5. The van der Waals surface area contributed by atoms with Crippen molar-refractivity contribution in [1.82, 2.24) is 44.5 Å². The maximum absolute atomic E-state index is 13.3. The summed E-state index contributed by atoms with van der Waals surface area (Å²) in [6.45, 7) is -2.62. The number of H-pyrrole nitrogens is 1. The second-order valence-corrected chi connectivity index (χ2v) is 14.2. The predicted molar refractivity (Wildman–Crippen MR) is 151 cm³/mol. The number of aromatic amines is 1. The fraction of sp³-hybridized carbons (Fsp3) is 0.571. The number of phosphoric ester groups is 1. The van der Waals surface area contributed by atoms with Crippen LogP contribution < -0.4 is 17.0 Å². The van der Waals surface area contributed by atoms with E-state index in [0.29, 0.717) is 0 Å². The summed E-state index contributed by atoms with van der Waals surface area (Å²) >= 11 is 0. The van der Waals surface area contributed by atoms with Crippen LogP contribution in [-0.4, -0.2) is 121 Å². The lowest BCUT2D eigenvalue weighted by Crippen LogP contribution is -2.48. The van der Waals surface area contributed by atoms with Gasteiger partial charge < -0.3 is 45.7 Å². The predicted octanol–water partition coefficient (Wildman–Crippen LogP) is -2.51. The highest BCUT2D eigenvalue weighted by Gasteiger charge is 2.57. The van der Waals surface area contributed by atoms with Gasteiger partial charge in [0, 0.05) is 6.42 Å². The Balaban J connectivity index is 1.18. The molecule has 1 spiro atoms. The number of nitrogen functional groups attached to an aromatic ring is 2. The molecule has 0 amide bonds. The van der Waals surface area contributed by atoms with Gasteiger partial charge in [0.2, 0.25) is 5.95 Å².